The van der Waals surface area contributed by atoms with Crippen molar-refractivity contribution in [1.29, 1.82) is 0 Å². The average Bonchev–Trinajstić information content (AvgIpc) is 2.81. The van der Waals surface area contributed by atoms with E-state index >= 15 is 0 Å². The number of likely N-dealkylation sites (N-methyl/N-ethyl adjacent to an activating group) is 1. The van der Waals surface area contributed by atoms with Crippen LogP contribution in [0.1, 0.15) is 32.6 Å². The SMILES string of the molecule is CC1CC(CN)(N2CCCC2CN(C)C)CCN1C. The van der Waals surface area contributed by atoms with E-state index < -0.39 is 0 Å². The van der Waals surface area contributed by atoms with Gasteiger partial charge in [0.1, 0.15) is 0 Å². The molecule has 0 aromatic heterocycles. The average molecular weight is 268 g/mol. The molecular weight excluding hydrogens is 236 g/mol. The number of piperidine rings is 1. The zero-order valence-corrected chi connectivity index (χ0v) is 13.2. The molecule has 4 nitrogen and oxygen atoms in total. The number of hydrogen-bond acceptors (Lipinski definition) is 4. The molecule has 4 heteroatoms. The lowest BCUT2D eigenvalue weighted by atomic mass is 9.81. The molecule has 0 spiro atoms. The largest absolute Gasteiger partial charge is 0.329 e. The molecule has 2 heterocycles. The Morgan fingerprint density at radius 1 is 1.32 bits per heavy atom. The maximum absolute atomic E-state index is 6.24. The summed E-state index contributed by atoms with van der Waals surface area (Å²) in [6.07, 6.45) is 5.13. The maximum atomic E-state index is 6.24. The number of likely N-dealkylation sites (tertiary alicyclic amines) is 2. The van der Waals surface area contributed by atoms with Crippen molar-refractivity contribution in [1.82, 2.24) is 14.7 Å². The Kier molecular flexibility index (Phi) is 4.88. The third-order valence-corrected chi connectivity index (χ3v) is 5.30. The molecule has 2 N–H and O–H groups in total. The van der Waals surface area contributed by atoms with Gasteiger partial charge in [0.15, 0.2) is 0 Å². The van der Waals surface area contributed by atoms with Crippen molar-refractivity contribution in [3.8, 4) is 0 Å². The summed E-state index contributed by atoms with van der Waals surface area (Å²) in [7, 11) is 6.61. The van der Waals surface area contributed by atoms with Crippen LogP contribution in [0.4, 0.5) is 0 Å². The second kappa shape index (κ2) is 6.08. The molecule has 2 saturated heterocycles. The van der Waals surface area contributed by atoms with E-state index in [0.717, 1.165) is 6.54 Å². The van der Waals surface area contributed by atoms with E-state index in [1.807, 2.05) is 0 Å². The first kappa shape index (κ1) is 15.2. The van der Waals surface area contributed by atoms with Gasteiger partial charge in [-0.25, -0.2) is 0 Å². The van der Waals surface area contributed by atoms with Crippen LogP contribution in [-0.4, -0.2) is 79.6 Å². The monoisotopic (exact) mass is 268 g/mol. The van der Waals surface area contributed by atoms with Crippen LogP contribution in [0.3, 0.4) is 0 Å². The summed E-state index contributed by atoms with van der Waals surface area (Å²) >= 11 is 0. The fourth-order valence-corrected chi connectivity index (χ4v) is 4.05. The Hall–Kier alpha value is -0.160. The van der Waals surface area contributed by atoms with Gasteiger partial charge in [-0.2, -0.15) is 0 Å². The molecule has 0 aromatic carbocycles. The van der Waals surface area contributed by atoms with Crippen LogP contribution in [0.2, 0.25) is 0 Å². The molecule has 0 amide bonds. The van der Waals surface area contributed by atoms with E-state index in [2.05, 4.69) is 42.8 Å². The molecule has 0 aliphatic carbocycles. The van der Waals surface area contributed by atoms with Crippen LogP contribution >= 0.6 is 0 Å². The number of nitrogens with two attached hydrogens (primary N) is 1. The Balaban J connectivity index is 2.11. The minimum atomic E-state index is 0.253. The summed E-state index contributed by atoms with van der Waals surface area (Å²) in [5.41, 5.74) is 6.50. The Morgan fingerprint density at radius 3 is 2.63 bits per heavy atom. The number of nitrogens with zero attached hydrogens (tertiary/aromatic N) is 3. The van der Waals surface area contributed by atoms with E-state index in [1.54, 1.807) is 0 Å². The molecule has 2 aliphatic rings. The second-order valence-corrected chi connectivity index (χ2v) is 6.96. The predicted octanol–water partition coefficient (Wildman–Crippen LogP) is 0.824. The highest BCUT2D eigenvalue weighted by Crippen LogP contribution is 2.36. The molecule has 0 saturated carbocycles. The summed E-state index contributed by atoms with van der Waals surface area (Å²) in [6.45, 7) is 6.76. The van der Waals surface area contributed by atoms with Crippen LogP contribution in [0.15, 0.2) is 0 Å². The zero-order valence-electron chi connectivity index (χ0n) is 13.2. The third-order valence-electron chi connectivity index (χ3n) is 5.30. The Bertz CT molecular complexity index is 294. The lowest BCUT2D eigenvalue weighted by Gasteiger charge is -2.51. The maximum Gasteiger partial charge on any atom is 0.0362 e. The van der Waals surface area contributed by atoms with Gasteiger partial charge < -0.3 is 15.5 Å². The molecule has 112 valence electrons. The fraction of sp³-hybridized carbons (Fsp3) is 1.00. The molecule has 2 rings (SSSR count). The van der Waals surface area contributed by atoms with Crippen molar-refractivity contribution < 1.29 is 0 Å². The van der Waals surface area contributed by atoms with Crippen LogP contribution in [0.5, 0.6) is 0 Å². The van der Waals surface area contributed by atoms with Gasteiger partial charge in [0.2, 0.25) is 0 Å². The summed E-state index contributed by atoms with van der Waals surface area (Å²) in [5.74, 6) is 0. The summed E-state index contributed by atoms with van der Waals surface area (Å²) in [5, 5.41) is 0. The summed E-state index contributed by atoms with van der Waals surface area (Å²) < 4.78 is 0. The van der Waals surface area contributed by atoms with E-state index in [9.17, 15) is 0 Å². The first-order chi connectivity index (χ1) is 8.98. The second-order valence-electron chi connectivity index (χ2n) is 6.96. The number of rotatable bonds is 4. The van der Waals surface area contributed by atoms with Gasteiger partial charge in [0.25, 0.3) is 0 Å². The van der Waals surface area contributed by atoms with Gasteiger partial charge in [-0.05, 0) is 66.8 Å². The lowest BCUT2D eigenvalue weighted by Crippen LogP contribution is -2.63. The Morgan fingerprint density at radius 2 is 2.05 bits per heavy atom. The van der Waals surface area contributed by atoms with E-state index in [-0.39, 0.29) is 5.54 Å². The molecule has 0 radical (unpaired) electrons. The van der Waals surface area contributed by atoms with Gasteiger partial charge in [0.05, 0.1) is 0 Å². The van der Waals surface area contributed by atoms with E-state index in [1.165, 1.54) is 45.3 Å². The molecule has 2 aliphatic heterocycles. The van der Waals surface area contributed by atoms with Crippen LogP contribution in [0.25, 0.3) is 0 Å². The van der Waals surface area contributed by atoms with Crippen LogP contribution in [-0.2, 0) is 0 Å². The topological polar surface area (TPSA) is 35.7 Å². The third kappa shape index (κ3) is 3.13. The molecule has 2 fully saturated rings. The van der Waals surface area contributed by atoms with E-state index in [0.29, 0.717) is 12.1 Å². The minimum Gasteiger partial charge on any atom is -0.329 e. The molecule has 0 bridgehead atoms. The van der Waals surface area contributed by atoms with Crippen molar-refractivity contribution in [3.05, 3.63) is 0 Å². The molecule has 19 heavy (non-hydrogen) atoms. The van der Waals surface area contributed by atoms with Crippen LogP contribution in [0, 0.1) is 0 Å². The quantitative estimate of drug-likeness (QED) is 0.819. The van der Waals surface area contributed by atoms with Crippen molar-refractivity contribution in [3.63, 3.8) is 0 Å². The smallest absolute Gasteiger partial charge is 0.0362 e. The molecular formula is C15H32N4. The fourth-order valence-electron chi connectivity index (χ4n) is 4.05. The van der Waals surface area contributed by atoms with Gasteiger partial charge in [-0.3, -0.25) is 4.90 Å². The lowest BCUT2D eigenvalue weighted by molar-refractivity contribution is -0.00264. The van der Waals surface area contributed by atoms with E-state index in [4.69, 9.17) is 5.73 Å². The van der Waals surface area contributed by atoms with Gasteiger partial charge in [-0.1, -0.05) is 0 Å². The molecule has 0 aromatic rings. The van der Waals surface area contributed by atoms with Crippen molar-refractivity contribution in [2.45, 2.75) is 50.2 Å². The van der Waals surface area contributed by atoms with Gasteiger partial charge >= 0.3 is 0 Å². The van der Waals surface area contributed by atoms with Crippen molar-refractivity contribution >= 4 is 0 Å². The molecule has 3 atom stereocenters. The minimum absolute atomic E-state index is 0.253. The standard InChI is InChI=1S/C15H32N4/c1-13-10-15(12-16,7-9-18(13)4)19-8-5-6-14(19)11-17(2)3/h13-14H,5-12,16H2,1-4H3. The summed E-state index contributed by atoms with van der Waals surface area (Å²) in [6, 6.07) is 1.35. The predicted molar refractivity (Wildman–Crippen MR) is 81.4 cm³/mol. The molecule has 3 unspecified atom stereocenters. The highest BCUT2D eigenvalue weighted by atomic mass is 15.3. The van der Waals surface area contributed by atoms with Crippen molar-refractivity contribution in [2.24, 2.45) is 5.73 Å². The highest BCUT2D eigenvalue weighted by molar-refractivity contribution is 5.02. The first-order valence-electron chi connectivity index (χ1n) is 7.80. The van der Waals surface area contributed by atoms with Crippen molar-refractivity contribution in [2.75, 3.05) is 47.3 Å². The van der Waals surface area contributed by atoms with Gasteiger partial charge in [-0.15, -0.1) is 0 Å². The normalized spacial score (nSPS) is 38.2. The highest BCUT2D eigenvalue weighted by Gasteiger charge is 2.45. The summed E-state index contributed by atoms with van der Waals surface area (Å²) in [4.78, 5) is 7.56. The Labute approximate surface area is 118 Å². The number of hydrogen-bond donors (Lipinski definition) is 1. The first-order valence-corrected chi connectivity index (χ1v) is 7.80. The van der Waals surface area contributed by atoms with Crippen LogP contribution < -0.4 is 5.73 Å². The zero-order chi connectivity index (χ0) is 14.0. The van der Waals surface area contributed by atoms with Gasteiger partial charge in [0, 0.05) is 30.7 Å².